The minimum atomic E-state index is 0.275. The van der Waals surface area contributed by atoms with E-state index in [9.17, 15) is 9.59 Å². The topological polar surface area (TPSA) is 58.9 Å². The van der Waals surface area contributed by atoms with E-state index in [2.05, 4.69) is 34.3 Å². The van der Waals surface area contributed by atoms with Crippen LogP contribution >= 0.6 is 0 Å². The summed E-state index contributed by atoms with van der Waals surface area (Å²) in [6, 6.07) is 16.6. The third-order valence-electron chi connectivity index (χ3n) is 8.84. The number of carbonyl (C=O) groups excluding carboxylic acids is 2. The molecule has 1 spiro atoms. The lowest BCUT2D eigenvalue weighted by atomic mass is 9.44. The Kier molecular flexibility index (Phi) is 3.32. The summed E-state index contributed by atoms with van der Waals surface area (Å²) in [5.41, 5.74) is 5.23. The van der Waals surface area contributed by atoms with E-state index in [0.717, 1.165) is 11.8 Å². The molecule has 0 radical (unpaired) electrons. The Hall–Kier alpha value is -2.80. The van der Waals surface area contributed by atoms with E-state index in [1.165, 1.54) is 49.7 Å². The normalized spacial score (nSPS) is 37.9. The molecule has 5 unspecified atom stereocenters. The number of nitrogens with zero attached hydrogens (tertiary/aromatic N) is 2. The Labute approximate surface area is 169 Å². The molecule has 0 heterocycles. The second-order valence-electron chi connectivity index (χ2n) is 9.78. The summed E-state index contributed by atoms with van der Waals surface area (Å²) in [5.74, 6) is 1.58. The molecule has 4 aliphatic carbocycles. The van der Waals surface area contributed by atoms with Gasteiger partial charge in [0.05, 0.1) is 11.4 Å². The van der Waals surface area contributed by atoms with Crippen molar-refractivity contribution in [1.82, 2.24) is 0 Å². The maximum absolute atomic E-state index is 10.5. The summed E-state index contributed by atoms with van der Waals surface area (Å²) in [7, 11) is 0. The Morgan fingerprint density at radius 1 is 0.724 bits per heavy atom. The predicted octanol–water partition coefficient (Wildman–Crippen LogP) is 5.41. The van der Waals surface area contributed by atoms with Crippen molar-refractivity contribution in [2.45, 2.75) is 49.4 Å². The summed E-state index contributed by atoms with van der Waals surface area (Å²) in [5, 5.41) is 0. The lowest BCUT2D eigenvalue weighted by Crippen LogP contribution is -2.55. The number of hydrogen-bond donors (Lipinski definition) is 0. The van der Waals surface area contributed by atoms with Crippen LogP contribution in [0.4, 0.5) is 11.4 Å². The third kappa shape index (κ3) is 2.06. The molecule has 2 aromatic carbocycles. The van der Waals surface area contributed by atoms with Gasteiger partial charge >= 0.3 is 0 Å². The smallest absolute Gasteiger partial charge is 0.211 e. The Morgan fingerprint density at radius 3 is 1.97 bits per heavy atom. The quantitative estimate of drug-likeness (QED) is 0.524. The maximum Gasteiger partial charge on any atom is 0.240 e. The van der Waals surface area contributed by atoms with Crippen LogP contribution in [0.1, 0.15) is 49.7 Å². The first-order chi connectivity index (χ1) is 14.1. The monoisotopic (exact) mass is 382 g/mol. The van der Waals surface area contributed by atoms with Crippen LogP contribution in [0.2, 0.25) is 0 Å². The zero-order chi connectivity index (χ0) is 19.7. The van der Waals surface area contributed by atoms with E-state index in [0.29, 0.717) is 22.2 Å². The number of aliphatic imine (C=N–C) groups is 2. The highest BCUT2D eigenvalue weighted by molar-refractivity contribution is 5.53. The molecule has 4 saturated carbocycles. The summed E-state index contributed by atoms with van der Waals surface area (Å²) < 4.78 is 0. The van der Waals surface area contributed by atoms with E-state index in [4.69, 9.17) is 0 Å². The van der Waals surface area contributed by atoms with Gasteiger partial charge in [-0.15, -0.1) is 0 Å². The molecule has 29 heavy (non-hydrogen) atoms. The average Bonchev–Trinajstić information content (AvgIpc) is 3.04. The summed E-state index contributed by atoms with van der Waals surface area (Å²) in [6.45, 7) is 0. The first-order valence-corrected chi connectivity index (χ1v) is 10.5. The van der Waals surface area contributed by atoms with Gasteiger partial charge in [0, 0.05) is 5.41 Å². The van der Waals surface area contributed by atoms with Crippen molar-refractivity contribution in [3.8, 4) is 0 Å². The number of rotatable bonds is 4. The van der Waals surface area contributed by atoms with Crippen LogP contribution in [0.15, 0.2) is 58.5 Å². The Morgan fingerprint density at radius 2 is 1.34 bits per heavy atom. The molecular formula is C25H22N2O2. The van der Waals surface area contributed by atoms with Crippen LogP contribution in [0.25, 0.3) is 0 Å². The molecule has 6 rings (SSSR count). The standard InChI is InChI=1S/C25H22N2O2/c28-15-26-21-5-1-18(2-6-21)23-9-17-10-24(13-20(12-23)25(24,11-17)14-23)19-3-7-22(8-4-19)27-16-29/h1-8,17,20H,9-14H2. The largest absolute Gasteiger partial charge is 0.240 e. The molecule has 144 valence electrons. The van der Waals surface area contributed by atoms with Crippen LogP contribution in [-0.4, -0.2) is 12.2 Å². The van der Waals surface area contributed by atoms with E-state index >= 15 is 0 Å². The van der Waals surface area contributed by atoms with Crippen LogP contribution in [-0.2, 0) is 20.4 Å². The lowest BCUT2D eigenvalue weighted by Gasteiger charge is -2.59. The van der Waals surface area contributed by atoms with Crippen molar-refractivity contribution in [1.29, 1.82) is 0 Å². The minimum Gasteiger partial charge on any atom is -0.211 e. The van der Waals surface area contributed by atoms with Crippen LogP contribution < -0.4 is 0 Å². The van der Waals surface area contributed by atoms with Gasteiger partial charge in [-0.3, -0.25) is 0 Å². The molecule has 0 saturated heterocycles. The second kappa shape index (κ2) is 5.63. The molecular weight excluding hydrogens is 360 g/mol. The van der Waals surface area contributed by atoms with Gasteiger partial charge in [-0.1, -0.05) is 24.3 Å². The van der Waals surface area contributed by atoms with E-state index in [1.54, 1.807) is 12.2 Å². The molecule has 4 nitrogen and oxygen atoms in total. The Bertz CT molecular complexity index is 1090. The highest BCUT2D eigenvalue weighted by Crippen LogP contribution is 2.83. The molecule has 5 atom stereocenters. The van der Waals surface area contributed by atoms with E-state index in [1.807, 2.05) is 24.3 Å². The van der Waals surface area contributed by atoms with Crippen molar-refractivity contribution in [2.24, 2.45) is 27.2 Å². The van der Waals surface area contributed by atoms with Crippen LogP contribution in [0.3, 0.4) is 0 Å². The van der Waals surface area contributed by atoms with Crippen LogP contribution in [0, 0.1) is 17.3 Å². The highest BCUT2D eigenvalue weighted by atomic mass is 16.1. The van der Waals surface area contributed by atoms with Gasteiger partial charge in [0.1, 0.15) is 0 Å². The van der Waals surface area contributed by atoms with Crippen molar-refractivity contribution in [3.63, 3.8) is 0 Å². The van der Waals surface area contributed by atoms with Crippen molar-refractivity contribution in [3.05, 3.63) is 59.7 Å². The van der Waals surface area contributed by atoms with Gasteiger partial charge in [-0.05, 0) is 96.6 Å². The molecule has 0 N–H and O–H groups in total. The van der Waals surface area contributed by atoms with Crippen molar-refractivity contribution < 1.29 is 9.59 Å². The zero-order valence-electron chi connectivity index (χ0n) is 16.2. The maximum atomic E-state index is 10.5. The minimum absolute atomic E-state index is 0.275. The summed E-state index contributed by atoms with van der Waals surface area (Å²) in [4.78, 5) is 28.6. The molecule has 0 aromatic heterocycles. The first-order valence-electron chi connectivity index (χ1n) is 10.5. The van der Waals surface area contributed by atoms with E-state index in [-0.39, 0.29) is 5.41 Å². The van der Waals surface area contributed by atoms with E-state index < -0.39 is 0 Å². The fraction of sp³-hybridized carbons (Fsp3) is 0.440. The van der Waals surface area contributed by atoms with Gasteiger partial charge in [-0.2, -0.15) is 9.98 Å². The van der Waals surface area contributed by atoms with Crippen LogP contribution in [0.5, 0.6) is 0 Å². The number of isocyanates is 2. The molecule has 0 amide bonds. The zero-order valence-corrected chi connectivity index (χ0v) is 16.2. The SMILES string of the molecule is O=C=Nc1ccc(C23CC4CC5(c6ccc(N=C=O)cc6)CC(C2)C5(C4)C3)cc1. The van der Waals surface area contributed by atoms with Gasteiger partial charge < -0.3 is 0 Å². The number of hydrogen-bond acceptors (Lipinski definition) is 4. The number of benzene rings is 2. The molecule has 4 heteroatoms. The summed E-state index contributed by atoms with van der Waals surface area (Å²) >= 11 is 0. The van der Waals surface area contributed by atoms with Gasteiger partial charge in [-0.25, -0.2) is 9.59 Å². The second-order valence-corrected chi connectivity index (χ2v) is 9.78. The fourth-order valence-electron chi connectivity index (χ4n) is 8.17. The molecule has 4 aliphatic rings. The predicted molar refractivity (Wildman–Crippen MR) is 109 cm³/mol. The fourth-order valence-corrected chi connectivity index (χ4v) is 8.17. The highest BCUT2D eigenvalue weighted by Gasteiger charge is 2.77. The van der Waals surface area contributed by atoms with Crippen molar-refractivity contribution in [2.75, 3.05) is 0 Å². The molecule has 2 aromatic rings. The number of fused-ring (bicyclic) bond motifs is 2. The summed E-state index contributed by atoms with van der Waals surface area (Å²) in [6.07, 6.45) is 11.0. The van der Waals surface area contributed by atoms with Crippen molar-refractivity contribution >= 4 is 23.5 Å². The lowest BCUT2D eigenvalue weighted by molar-refractivity contribution is -0.0361. The Balaban J connectivity index is 1.38. The van der Waals surface area contributed by atoms with Gasteiger partial charge in [0.2, 0.25) is 12.2 Å². The third-order valence-corrected chi connectivity index (χ3v) is 8.84. The average molecular weight is 382 g/mol. The van der Waals surface area contributed by atoms with Gasteiger partial charge in [0.25, 0.3) is 0 Å². The molecule has 3 bridgehead atoms. The molecule has 4 fully saturated rings. The van der Waals surface area contributed by atoms with Gasteiger partial charge in [0.15, 0.2) is 0 Å². The molecule has 0 aliphatic heterocycles. The first kappa shape index (κ1) is 17.1.